The molecular weight excluding hydrogens is 370 g/mol. The lowest BCUT2D eigenvalue weighted by Gasteiger charge is -2.31. The van der Waals surface area contributed by atoms with Crippen LogP contribution in [0.5, 0.6) is 0 Å². The van der Waals surface area contributed by atoms with Crippen LogP contribution in [0.25, 0.3) is 11.6 Å². The largest absolute Gasteiger partial charge is 0.332 e. The fourth-order valence-corrected chi connectivity index (χ4v) is 2.90. The Labute approximate surface area is 148 Å². The van der Waals surface area contributed by atoms with Crippen LogP contribution in [0, 0.1) is 5.92 Å². The van der Waals surface area contributed by atoms with E-state index in [-0.39, 0.29) is 11.5 Å². The Morgan fingerprint density at radius 3 is 2.50 bits per heavy atom. The third-order valence-corrected chi connectivity index (χ3v) is 5.02. The van der Waals surface area contributed by atoms with Gasteiger partial charge in [-0.1, -0.05) is 53.1 Å². The molecule has 124 valence electrons. The zero-order valence-electron chi connectivity index (χ0n) is 13.7. The van der Waals surface area contributed by atoms with E-state index in [0.29, 0.717) is 17.4 Å². The van der Waals surface area contributed by atoms with Crippen molar-refractivity contribution in [2.75, 3.05) is 0 Å². The Kier molecular flexibility index (Phi) is 4.41. The quantitative estimate of drug-likeness (QED) is 0.729. The predicted molar refractivity (Wildman–Crippen MR) is 95.8 cm³/mol. The molecule has 0 aliphatic heterocycles. The molecule has 24 heavy (non-hydrogen) atoms. The predicted octanol–water partition coefficient (Wildman–Crippen LogP) is 4.15. The molecule has 5 nitrogen and oxygen atoms in total. The van der Waals surface area contributed by atoms with Crippen molar-refractivity contribution < 1.29 is 4.52 Å². The lowest BCUT2D eigenvalue weighted by Crippen LogP contribution is -2.31. The minimum absolute atomic E-state index is 0.202. The Hall–Kier alpha value is -2.21. The first-order valence-electron chi connectivity index (χ1n) is 7.71. The minimum Gasteiger partial charge on any atom is -0.332 e. The van der Waals surface area contributed by atoms with E-state index in [4.69, 9.17) is 4.52 Å². The first-order chi connectivity index (χ1) is 11.4. The van der Waals surface area contributed by atoms with Crippen molar-refractivity contribution in [3.63, 3.8) is 0 Å². The van der Waals surface area contributed by atoms with Crippen LogP contribution in [-0.2, 0) is 5.41 Å². The molecule has 0 aliphatic rings. The molecular formula is C18H18BrN3O2. The number of hydrogen-bond acceptors (Lipinski definition) is 4. The molecule has 3 aromatic rings. The Bertz CT molecular complexity index is 899. The highest BCUT2D eigenvalue weighted by Gasteiger charge is 2.37. The number of aromatic nitrogens is 3. The van der Waals surface area contributed by atoms with Crippen molar-refractivity contribution in [1.82, 2.24) is 15.1 Å². The minimum atomic E-state index is -0.405. The normalized spacial score (nSPS) is 13.9. The number of halogens is 1. The molecule has 0 radical (unpaired) electrons. The SMILES string of the molecule is CC(C)C(C)(c1ccc(Br)cc1)c1noc(-c2cccc(=O)[nH]2)n1. The summed E-state index contributed by atoms with van der Waals surface area (Å²) in [7, 11) is 0. The summed E-state index contributed by atoms with van der Waals surface area (Å²) in [6.07, 6.45) is 0. The summed E-state index contributed by atoms with van der Waals surface area (Å²) >= 11 is 3.46. The molecule has 6 heteroatoms. The number of aromatic amines is 1. The summed E-state index contributed by atoms with van der Waals surface area (Å²) in [5, 5.41) is 4.19. The van der Waals surface area contributed by atoms with Crippen LogP contribution in [0.1, 0.15) is 32.2 Å². The van der Waals surface area contributed by atoms with Gasteiger partial charge in [0, 0.05) is 10.5 Å². The van der Waals surface area contributed by atoms with Gasteiger partial charge in [0.1, 0.15) is 5.69 Å². The number of H-pyrrole nitrogens is 1. The van der Waals surface area contributed by atoms with Crippen molar-refractivity contribution in [3.8, 4) is 11.6 Å². The number of benzene rings is 1. The monoisotopic (exact) mass is 387 g/mol. The van der Waals surface area contributed by atoms with Crippen LogP contribution in [0.15, 0.2) is 56.3 Å². The Morgan fingerprint density at radius 1 is 1.17 bits per heavy atom. The van der Waals surface area contributed by atoms with E-state index < -0.39 is 5.41 Å². The van der Waals surface area contributed by atoms with Crippen molar-refractivity contribution in [2.24, 2.45) is 5.92 Å². The summed E-state index contributed by atoms with van der Waals surface area (Å²) in [6, 6.07) is 13.0. The van der Waals surface area contributed by atoms with Crippen LogP contribution in [0.2, 0.25) is 0 Å². The third-order valence-electron chi connectivity index (χ3n) is 4.49. The maximum Gasteiger partial charge on any atom is 0.274 e. The van der Waals surface area contributed by atoms with Crippen LogP contribution < -0.4 is 5.56 Å². The topological polar surface area (TPSA) is 71.8 Å². The molecule has 2 aromatic heterocycles. The van der Waals surface area contributed by atoms with Crippen LogP contribution in [-0.4, -0.2) is 15.1 Å². The van der Waals surface area contributed by atoms with Gasteiger partial charge in [-0.3, -0.25) is 4.79 Å². The number of nitrogens with one attached hydrogen (secondary N) is 1. The van der Waals surface area contributed by atoms with Gasteiger partial charge >= 0.3 is 0 Å². The molecule has 1 aromatic carbocycles. The van der Waals surface area contributed by atoms with Crippen LogP contribution in [0.3, 0.4) is 0 Å². The van der Waals surface area contributed by atoms with Gasteiger partial charge in [0.2, 0.25) is 5.56 Å². The lowest BCUT2D eigenvalue weighted by molar-refractivity contribution is 0.350. The molecule has 0 amide bonds. The van der Waals surface area contributed by atoms with Gasteiger partial charge in [0.15, 0.2) is 5.82 Å². The van der Waals surface area contributed by atoms with E-state index in [0.717, 1.165) is 10.0 Å². The number of rotatable bonds is 4. The van der Waals surface area contributed by atoms with E-state index >= 15 is 0 Å². The van der Waals surface area contributed by atoms with Gasteiger partial charge in [-0.2, -0.15) is 4.98 Å². The summed E-state index contributed by atoms with van der Waals surface area (Å²) in [5.41, 5.74) is 1.02. The van der Waals surface area contributed by atoms with E-state index in [1.807, 2.05) is 12.1 Å². The maximum absolute atomic E-state index is 11.5. The van der Waals surface area contributed by atoms with E-state index in [1.54, 1.807) is 12.1 Å². The lowest BCUT2D eigenvalue weighted by atomic mass is 9.73. The molecule has 1 atom stereocenters. The van der Waals surface area contributed by atoms with Gasteiger partial charge < -0.3 is 9.51 Å². The molecule has 0 saturated heterocycles. The molecule has 3 rings (SSSR count). The first kappa shape index (κ1) is 16.6. The summed E-state index contributed by atoms with van der Waals surface area (Å²) < 4.78 is 6.43. The summed E-state index contributed by atoms with van der Waals surface area (Å²) in [5.74, 6) is 1.16. The van der Waals surface area contributed by atoms with Crippen molar-refractivity contribution in [3.05, 3.63) is 68.7 Å². The average molecular weight is 388 g/mol. The molecule has 0 spiro atoms. The third kappa shape index (κ3) is 2.94. The van der Waals surface area contributed by atoms with Gasteiger partial charge in [-0.15, -0.1) is 0 Å². The molecule has 2 heterocycles. The van der Waals surface area contributed by atoms with E-state index in [2.05, 4.69) is 64.0 Å². The molecule has 1 unspecified atom stereocenters. The van der Waals surface area contributed by atoms with Gasteiger partial charge in [0.25, 0.3) is 5.89 Å². The highest BCUT2D eigenvalue weighted by molar-refractivity contribution is 9.10. The average Bonchev–Trinajstić information content (AvgIpc) is 3.05. The van der Waals surface area contributed by atoms with Crippen LogP contribution >= 0.6 is 15.9 Å². The smallest absolute Gasteiger partial charge is 0.274 e. The second kappa shape index (κ2) is 6.36. The second-order valence-corrected chi connectivity index (χ2v) is 7.13. The number of pyridine rings is 1. The van der Waals surface area contributed by atoms with Crippen molar-refractivity contribution >= 4 is 15.9 Å². The maximum atomic E-state index is 11.5. The highest BCUT2D eigenvalue weighted by atomic mass is 79.9. The number of hydrogen-bond donors (Lipinski definition) is 1. The van der Waals surface area contributed by atoms with Gasteiger partial charge in [-0.25, -0.2) is 0 Å². The first-order valence-corrected chi connectivity index (χ1v) is 8.50. The standard InChI is InChI=1S/C18H18BrN3O2/c1-11(2)18(3,12-7-9-13(19)10-8-12)17-21-16(24-22-17)14-5-4-6-15(23)20-14/h4-11H,1-3H3,(H,20,23). The number of nitrogens with zero attached hydrogens (tertiary/aromatic N) is 2. The van der Waals surface area contributed by atoms with Crippen molar-refractivity contribution in [1.29, 1.82) is 0 Å². The fraction of sp³-hybridized carbons (Fsp3) is 0.278. The molecule has 1 N–H and O–H groups in total. The van der Waals surface area contributed by atoms with E-state index in [1.165, 1.54) is 6.07 Å². The van der Waals surface area contributed by atoms with Gasteiger partial charge in [-0.05, 0) is 36.6 Å². The summed E-state index contributed by atoms with van der Waals surface area (Å²) in [4.78, 5) is 18.7. The van der Waals surface area contributed by atoms with E-state index in [9.17, 15) is 4.79 Å². The molecule has 0 bridgehead atoms. The highest BCUT2D eigenvalue weighted by Crippen LogP contribution is 2.38. The van der Waals surface area contributed by atoms with Crippen molar-refractivity contribution in [2.45, 2.75) is 26.2 Å². The molecule has 0 aliphatic carbocycles. The molecule has 0 saturated carbocycles. The Balaban J connectivity index is 2.07. The second-order valence-electron chi connectivity index (χ2n) is 6.22. The molecule has 0 fully saturated rings. The fourth-order valence-electron chi connectivity index (χ4n) is 2.63. The van der Waals surface area contributed by atoms with Gasteiger partial charge in [0.05, 0.1) is 5.41 Å². The zero-order chi connectivity index (χ0) is 17.3. The zero-order valence-corrected chi connectivity index (χ0v) is 15.3. The summed E-state index contributed by atoms with van der Waals surface area (Å²) in [6.45, 7) is 6.36. The van der Waals surface area contributed by atoms with Crippen LogP contribution in [0.4, 0.5) is 0 Å². The Morgan fingerprint density at radius 2 is 1.88 bits per heavy atom.